The minimum atomic E-state index is -1.28. The minimum Gasteiger partial charge on any atom is -0.464 e. The number of aromatic nitrogens is 3. The van der Waals surface area contributed by atoms with E-state index < -0.39 is 11.7 Å². The molecule has 6 nitrogen and oxygen atoms in total. The first-order valence-corrected chi connectivity index (χ1v) is 6.73. The summed E-state index contributed by atoms with van der Waals surface area (Å²) in [6.07, 6.45) is 1.51. The summed E-state index contributed by atoms with van der Waals surface area (Å²) in [5, 5.41) is 14.6. The SMILES string of the molecule is CC(C)(C(=O)Cn1cncn1)C(O)Oc1ccc(Cl)cc1. The lowest BCUT2D eigenvalue weighted by Gasteiger charge is -2.29. The lowest BCUT2D eigenvalue weighted by atomic mass is 9.87. The van der Waals surface area contributed by atoms with Gasteiger partial charge in [0, 0.05) is 5.02 Å². The molecule has 1 N–H and O–H groups in total. The van der Waals surface area contributed by atoms with Crippen molar-refractivity contribution in [3.05, 3.63) is 41.9 Å². The van der Waals surface area contributed by atoms with Crippen LogP contribution in [0.3, 0.4) is 0 Å². The summed E-state index contributed by atoms with van der Waals surface area (Å²) in [6.45, 7) is 3.26. The number of ketones is 1. The number of benzene rings is 1. The summed E-state index contributed by atoms with van der Waals surface area (Å²) in [5.74, 6) is 0.225. The number of aliphatic hydroxyl groups excluding tert-OH is 1. The van der Waals surface area contributed by atoms with Crippen LogP contribution in [0.15, 0.2) is 36.9 Å². The van der Waals surface area contributed by atoms with Crippen LogP contribution in [0, 0.1) is 5.41 Å². The van der Waals surface area contributed by atoms with E-state index in [0.29, 0.717) is 10.8 Å². The van der Waals surface area contributed by atoms with Crippen molar-refractivity contribution in [2.24, 2.45) is 5.41 Å². The summed E-state index contributed by atoms with van der Waals surface area (Å²) in [5.41, 5.74) is -1.09. The van der Waals surface area contributed by atoms with Crippen molar-refractivity contribution in [2.75, 3.05) is 0 Å². The smallest absolute Gasteiger partial charge is 0.209 e. The highest BCUT2D eigenvalue weighted by molar-refractivity contribution is 6.30. The third kappa shape index (κ3) is 3.80. The summed E-state index contributed by atoms with van der Waals surface area (Å²) in [6, 6.07) is 6.55. The zero-order chi connectivity index (χ0) is 15.5. The largest absolute Gasteiger partial charge is 0.464 e. The number of halogens is 1. The van der Waals surface area contributed by atoms with Gasteiger partial charge in [0.25, 0.3) is 0 Å². The van der Waals surface area contributed by atoms with Gasteiger partial charge >= 0.3 is 0 Å². The fraction of sp³-hybridized carbons (Fsp3) is 0.357. The van der Waals surface area contributed by atoms with Gasteiger partial charge in [-0.05, 0) is 38.1 Å². The summed E-state index contributed by atoms with van der Waals surface area (Å²) >= 11 is 5.78. The van der Waals surface area contributed by atoms with Gasteiger partial charge in [-0.3, -0.25) is 4.79 Å². The molecule has 2 rings (SSSR count). The van der Waals surface area contributed by atoms with Gasteiger partial charge in [-0.2, -0.15) is 5.10 Å². The fourth-order valence-corrected chi connectivity index (χ4v) is 1.72. The first kappa shape index (κ1) is 15.5. The molecule has 1 aromatic carbocycles. The van der Waals surface area contributed by atoms with Crippen LogP contribution >= 0.6 is 11.6 Å². The molecule has 0 fully saturated rings. The van der Waals surface area contributed by atoms with E-state index in [4.69, 9.17) is 16.3 Å². The maximum atomic E-state index is 12.3. The number of carbonyl (C=O) groups excluding carboxylic acids is 1. The van der Waals surface area contributed by atoms with Crippen LogP contribution in [-0.2, 0) is 11.3 Å². The second-order valence-corrected chi connectivity index (χ2v) is 5.60. The molecule has 0 spiro atoms. The Bertz CT molecular complexity index is 596. The molecule has 1 heterocycles. The number of carbonyl (C=O) groups is 1. The molecule has 1 aromatic heterocycles. The van der Waals surface area contributed by atoms with E-state index in [1.54, 1.807) is 38.1 Å². The van der Waals surface area contributed by atoms with E-state index in [1.807, 2.05) is 0 Å². The lowest BCUT2D eigenvalue weighted by Crippen LogP contribution is -2.42. The lowest BCUT2D eigenvalue weighted by molar-refractivity contribution is -0.150. The molecule has 0 aliphatic heterocycles. The van der Waals surface area contributed by atoms with Gasteiger partial charge in [-0.25, -0.2) is 9.67 Å². The molecule has 0 saturated heterocycles. The summed E-state index contributed by atoms with van der Waals surface area (Å²) < 4.78 is 6.81. The first-order valence-electron chi connectivity index (χ1n) is 6.35. The quantitative estimate of drug-likeness (QED) is 0.825. The van der Waals surface area contributed by atoms with Crippen molar-refractivity contribution in [2.45, 2.75) is 26.7 Å². The predicted octanol–water partition coefficient (Wildman–Crippen LogP) is 1.92. The molecule has 0 radical (unpaired) electrons. The zero-order valence-corrected chi connectivity index (χ0v) is 12.5. The van der Waals surface area contributed by atoms with Gasteiger partial charge in [0.2, 0.25) is 6.29 Å². The fourth-order valence-electron chi connectivity index (χ4n) is 1.59. The van der Waals surface area contributed by atoms with E-state index in [-0.39, 0.29) is 12.3 Å². The van der Waals surface area contributed by atoms with Crippen LogP contribution in [-0.4, -0.2) is 31.9 Å². The van der Waals surface area contributed by atoms with Gasteiger partial charge in [0.05, 0.1) is 5.41 Å². The number of ether oxygens (including phenoxy) is 1. The highest BCUT2D eigenvalue weighted by Gasteiger charge is 2.37. The predicted molar refractivity (Wildman–Crippen MR) is 76.9 cm³/mol. The van der Waals surface area contributed by atoms with Gasteiger partial charge in [0.15, 0.2) is 5.78 Å². The maximum absolute atomic E-state index is 12.3. The zero-order valence-electron chi connectivity index (χ0n) is 11.7. The molecule has 0 saturated carbocycles. The molecule has 1 unspecified atom stereocenters. The highest BCUT2D eigenvalue weighted by Crippen LogP contribution is 2.26. The van der Waals surface area contributed by atoms with Gasteiger partial charge in [-0.1, -0.05) is 11.6 Å². The first-order chi connectivity index (χ1) is 9.89. The second-order valence-electron chi connectivity index (χ2n) is 5.16. The Morgan fingerprint density at radius 1 is 1.43 bits per heavy atom. The minimum absolute atomic E-state index is 0.0219. The van der Waals surface area contributed by atoms with Crippen molar-refractivity contribution in [1.82, 2.24) is 14.8 Å². The molecule has 2 aromatic rings. The number of hydrogen-bond acceptors (Lipinski definition) is 5. The van der Waals surface area contributed by atoms with Crippen molar-refractivity contribution in [3.63, 3.8) is 0 Å². The van der Waals surface area contributed by atoms with Crippen molar-refractivity contribution < 1.29 is 14.6 Å². The molecular weight excluding hydrogens is 294 g/mol. The topological polar surface area (TPSA) is 77.2 Å². The van der Waals surface area contributed by atoms with E-state index in [9.17, 15) is 9.90 Å². The Labute approximate surface area is 127 Å². The molecule has 7 heteroatoms. The van der Waals surface area contributed by atoms with Crippen molar-refractivity contribution in [3.8, 4) is 5.75 Å². The third-order valence-electron chi connectivity index (χ3n) is 3.17. The summed E-state index contributed by atoms with van der Waals surface area (Å²) in [7, 11) is 0. The molecule has 0 bridgehead atoms. The van der Waals surface area contributed by atoms with E-state index >= 15 is 0 Å². The van der Waals surface area contributed by atoms with Crippen molar-refractivity contribution in [1.29, 1.82) is 0 Å². The number of Topliss-reactive ketones (excluding diaryl/α,β-unsaturated/α-hetero) is 1. The second kappa shape index (κ2) is 6.24. The molecule has 0 aliphatic carbocycles. The third-order valence-corrected chi connectivity index (χ3v) is 3.42. The molecule has 0 amide bonds. The van der Waals surface area contributed by atoms with Crippen LogP contribution in [0.1, 0.15) is 13.8 Å². The molecular formula is C14H16ClN3O3. The average molecular weight is 310 g/mol. The monoisotopic (exact) mass is 309 g/mol. The Morgan fingerprint density at radius 2 is 2.10 bits per heavy atom. The Hall–Kier alpha value is -1.92. The van der Waals surface area contributed by atoms with E-state index in [2.05, 4.69) is 10.1 Å². The Morgan fingerprint density at radius 3 is 2.67 bits per heavy atom. The highest BCUT2D eigenvalue weighted by atomic mass is 35.5. The van der Waals surface area contributed by atoms with E-state index in [1.165, 1.54) is 17.3 Å². The number of aliphatic hydroxyl groups is 1. The normalized spacial score (nSPS) is 13.0. The Kier molecular flexibility index (Phi) is 4.59. The van der Waals surface area contributed by atoms with Crippen molar-refractivity contribution >= 4 is 17.4 Å². The molecule has 21 heavy (non-hydrogen) atoms. The van der Waals surface area contributed by atoms with E-state index in [0.717, 1.165) is 0 Å². The van der Waals surface area contributed by atoms with Gasteiger partial charge < -0.3 is 9.84 Å². The van der Waals surface area contributed by atoms with Crippen LogP contribution in [0.4, 0.5) is 0 Å². The standard InChI is InChI=1S/C14H16ClN3O3/c1-14(2,12(19)7-18-9-16-8-17-18)13(20)21-11-5-3-10(15)4-6-11/h3-6,8-9,13,20H,7H2,1-2H3. The van der Waals surface area contributed by atoms with Crippen LogP contribution in [0.2, 0.25) is 5.02 Å². The van der Waals surface area contributed by atoms with Crippen LogP contribution < -0.4 is 4.74 Å². The Balaban J connectivity index is 2.03. The molecule has 112 valence electrons. The number of nitrogens with zero attached hydrogens (tertiary/aromatic N) is 3. The van der Waals surface area contributed by atoms with Crippen LogP contribution in [0.5, 0.6) is 5.75 Å². The molecule has 0 aliphatic rings. The summed E-state index contributed by atoms with van der Waals surface area (Å²) in [4.78, 5) is 16.0. The number of rotatable bonds is 6. The maximum Gasteiger partial charge on any atom is 0.209 e. The van der Waals surface area contributed by atoms with Crippen LogP contribution in [0.25, 0.3) is 0 Å². The van der Waals surface area contributed by atoms with Gasteiger partial charge in [-0.15, -0.1) is 0 Å². The molecule has 1 atom stereocenters. The van der Waals surface area contributed by atoms with Gasteiger partial charge in [0.1, 0.15) is 24.9 Å². The number of hydrogen-bond donors (Lipinski definition) is 1. The average Bonchev–Trinajstić information content (AvgIpc) is 2.94.